The van der Waals surface area contributed by atoms with E-state index >= 15 is 0 Å². The molecule has 2 aromatic carbocycles. The number of thioether (sulfide) groups is 1. The van der Waals surface area contributed by atoms with Gasteiger partial charge >= 0.3 is 0 Å². The summed E-state index contributed by atoms with van der Waals surface area (Å²) in [6.45, 7) is 2.36. The minimum absolute atomic E-state index is 0.0406. The molecule has 0 spiro atoms. The molecular formula is C23H20ClNO5S. The van der Waals surface area contributed by atoms with Crippen molar-refractivity contribution >= 4 is 40.6 Å². The molecule has 0 radical (unpaired) electrons. The van der Waals surface area contributed by atoms with Gasteiger partial charge in [-0.1, -0.05) is 29.7 Å². The van der Waals surface area contributed by atoms with Gasteiger partial charge < -0.3 is 14.2 Å². The Balaban J connectivity index is 1.71. The van der Waals surface area contributed by atoms with Crippen LogP contribution in [-0.4, -0.2) is 42.9 Å². The number of hydrogen-bond acceptors (Lipinski definition) is 6. The molecule has 8 heteroatoms. The monoisotopic (exact) mass is 457 g/mol. The maximum Gasteiger partial charge on any atom is 0.293 e. The number of hydrogen-bond donors (Lipinski definition) is 0. The van der Waals surface area contributed by atoms with Crippen LogP contribution in [0.5, 0.6) is 17.2 Å². The number of nitrogens with zero attached hydrogens (tertiary/aromatic N) is 1. The van der Waals surface area contributed by atoms with Crippen LogP contribution in [0.3, 0.4) is 0 Å². The van der Waals surface area contributed by atoms with Crippen LogP contribution >= 0.6 is 23.4 Å². The van der Waals surface area contributed by atoms with Crippen molar-refractivity contribution < 1.29 is 23.8 Å². The van der Waals surface area contributed by atoms with E-state index < -0.39 is 0 Å². The molecule has 0 bridgehead atoms. The Morgan fingerprint density at radius 1 is 1.23 bits per heavy atom. The van der Waals surface area contributed by atoms with Crippen molar-refractivity contribution in [1.29, 1.82) is 0 Å². The minimum Gasteiger partial charge on any atom is -0.493 e. The molecule has 6 nitrogen and oxygen atoms in total. The summed E-state index contributed by atoms with van der Waals surface area (Å²) in [4.78, 5) is 26.5. The Bertz CT molecular complexity index is 1080. The molecule has 31 heavy (non-hydrogen) atoms. The molecule has 1 heterocycles. The Kier molecular flexibility index (Phi) is 7.50. The van der Waals surface area contributed by atoms with E-state index in [2.05, 4.69) is 5.92 Å². The number of carbonyl (C=O) groups excluding carboxylic acids is 2. The lowest BCUT2D eigenvalue weighted by atomic mass is 10.1. The average Bonchev–Trinajstić information content (AvgIpc) is 3.00. The normalized spacial score (nSPS) is 14.6. The lowest BCUT2D eigenvalue weighted by Gasteiger charge is -2.13. The van der Waals surface area contributed by atoms with E-state index in [0.717, 1.165) is 22.2 Å². The van der Waals surface area contributed by atoms with Gasteiger partial charge in [-0.2, -0.15) is 0 Å². The topological polar surface area (TPSA) is 65.1 Å². The van der Waals surface area contributed by atoms with Crippen LogP contribution in [0.15, 0.2) is 41.3 Å². The van der Waals surface area contributed by atoms with Gasteiger partial charge in [0.25, 0.3) is 11.1 Å². The number of terminal acetylenes is 1. The highest BCUT2D eigenvalue weighted by atomic mass is 35.5. The second-order valence-corrected chi connectivity index (χ2v) is 7.93. The largest absolute Gasteiger partial charge is 0.493 e. The van der Waals surface area contributed by atoms with E-state index in [1.165, 1.54) is 7.11 Å². The highest BCUT2D eigenvalue weighted by Gasteiger charge is 2.34. The number of carbonyl (C=O) groups is 2. The van der Waals surface area contributed by atoms with Crippen molar-refractivity contribution in [1.82, 2.24) is 4.90 Å². The smallest absolute Gasteiger partial charge is 0.293 e. The predicted octanol–water partition coefficient (Wildman–Crippen LogP) is 4.78. The molecule has 0 saturated carbocycles. The van der Waals surface area contributed by atoms with E-state index in [1.54, 1.807) is 18.2 Å². The van der Waals surface area contributed by atoms with Crippen molar-refractivity contribution in [2.24, 2.45) is 0 Å². The number of methoxy groups -OCH3 is 1. The molecule has 0 aromatic heterocycles. The second kappa shape index (κ2) is 10.3. The van der Waals surface area contributed by atoms with Crippen LogP contribution in [0.2, 0.25) is 5.02 Å². The zero-order valence-corrected chi connectivity index (χ0v) is 18.6. The first kappa shape index (κ1) is 22.6. The zero-order valence-electron chi connectivity index (χ0n) is 17.0. The van der Waals surface area contributed by atoms with Crippen LogP contribution in [-0.2, 0) is 4.79 Å². The van der Waals surface area contributed by atoms with E-state index in [-0.39, 0.29) is 40.8 Å². The summed E-state index contributed by atoms with van der Waals surface area (Å²) in [5, 5.41) is -0.0669. The Hall–Kier alpha value is -3.08. The van der Waals surface area contributed by atoms with Crippen molar-refractivity contribution in [2.75, 3.05) is 26.9 Å². The SMILES string of the molecule is C#CCOc1c(Cl)cc(/C=C2\SC(=O)N(CCOc3cccc(C)c3)C2=O)cc1OC. The maximum atomic E-state index is 12.7. The molecule has 1 fully saturated rings. The Labute approximate surface area is 190 Å². The zero-order chi connectivity index (χ0) is 22.4. The van der Waals surface area contributed by atoms with E-state index in [1.807, 2.05) is 31.2 Å². The number of ether oxygens (including phenoxy) is 3. The lowest BCUT2D eigenvalue weighted by molar-refractivity contribution is -0.123. The van der Waals surface area contributed by atoms with Crippen LogP contribution in [0.4, 0.5) is 4.79 Å². The van der Waals surface area contributed by atoms with E-state index in [4.69, 9.17) is 32.2 Å². The molecule has 0 atom stereocenters. The molecule has 0 unspecified atom stereocenters. The number of aryl methyl sites for hydroxylation is 1. The number of halogens is 1. The third kappa shape index (κ3) is 5.54. The van der Waals surface area contributed by atoms with Crippen molar-refractivity contribution in [2.45, 2.75) is 6.92 Å². The Morgan fingerprint density at radius 3 is 2.74 bits per heavy atom. The van der Waals surface area contributed by atoms with Gasteiger partial charge in [0.1, 0.15) is 19.0 Å². The predicted molar refractivity (Wildman–Crippen MR) is 122 cm³/mol. The third-order valence-corrected chi connectivity index (χ3v) is 5.48. The van der Waals surface area contributed by atoms with Crippen LogP contribution in [0.25, 0.3) is 6.08 Å². The summed E-state index contributed by atoms with van der Waals surface area (Å²) >= 11 is 7.14. The van der Waals surface area contributed by atoms with Gasteiger partial charge in [-0.25, -0.2) is 0 Å². The summed E-state index contributed by atoms with van der Waals surface area (Å²) in [5.41, 5.74) is 1.66. The molecule has 0 aliphatic carbocycles. The molecule has 3 rings (SSSR count). The van der Waals surface area contributed by atoms with Crippen LogP contribution in [0.1, 0.15) is 11.1 Å². The molecular weight excluding hydrogens is 438 g/mol. The summed E-state index contributed by atoms with van der Waals surface area (Å²) in [5.74, 6) is 3.37. The van der Waals surface area contributed by atoms with E-state index in [0.29, 0.717) is 22.8 Å². The molecule has 1 saturated heterocycles. The number of rotatable bonds is 8. The van der Waals surface area contributed by atoms with Crippen molar-refractivity contribution in [3.05, 3.63) is 57.5 Å². The fourth-order valence-electron chi connectivity index (χ4n) is 2.88. The number of benzene rings is 2. The fourth-order valence-corrected chi connectivity index (χ4v) is 4.02. The highest BCUT2D eigenvalue weighted by molar-refractivity contribution is 8.18. The van der Waals surface area contributed by atoms with Crippen molar-refractivity contribution in [3.8, 4) is 29.6 Å². The highest BCUT2D eigenvalue weighted by Crippen LogP contribution is 2.38. The van der Waals surface area contributed by atoms with Crippen LogP contribution in [0, 0.1) is 19.3 Å². The number of imide groups is 1. The fraction of sp³-hybridized carbons (Fsp3) is 0.217. The molecule has 0 N–H and O–H groups in total. The lowest BCUT2D eigenvalue weighted by Crippen LogP contribution is -2.32. The third-order valence-electron chi connectivity index (χ3n) is 4.30. The second-order valence-electron chi connectivity index (χ2n) is 6.53. The van der Waals surface area contributed by atoms with Gasteiger partial charge in [0.15, 0.2) is 11.5 Å². The van der Waals surface area contributed by atoms with Gasteiger partial charge in [0, 0.05) is 0 Å². The summed E-state index contributed by atoms with van der Waals surface area (Å²) in [7, 11) is 1.47. The summed E-state index contributed by atoms with van der Waals surface area (Å²) in [6.07, 6.45) is 6.81. The van der Waals surface area contributed by atoms with Gasteiger partial charge in [0.2, 0.25) is 0 Å². The first-order valence-corrected chi connectivity index (χ1v) is 10.5. The van der Waals surface area contributed by atoms with Gasteiger partial charge in [-0.05, 0) is 60.2 Å². The van der Waals surface area contributed by atoms with Crippen LogP contribution < -0.4 is 14.2 Å². The summed E-state index contributed by atoms with van der Waals surface area (Å²) < 4.78 is 16.4. The maximum absolute atomic E-state index is 12.7. The molecule has 1 aliphatic heterocycles. The molecule has 160 valence electrons. The first-order valence-electron chi connectivity index (χ1n) is 9.31. The molecule has 1 aliphatic rings. The summed E-state index contributed by atoms with van der Waals surface area (Å²) in [6, 6.07) is 10.8. The quantitative estimate of drug-likeness (QED) is 0.419. The molecule has 2 aromatic rings. The van der Waals surface area contributed by atoms with Gasteiger partial charge in [-0.15, -0.1) is 6.42 Å². The van der Waals surface area contributed by atoms with Gasteiger partial charge in [0.05, 0.1) is 23.6 Å². The Morgan fingerprint density at radius 2 is 2.03 bits per heavy atom. The van der Waals surface area contributed by atoms with Crippen molar-refractivity contribution in [3.63, 3.8) is 0 Å². The minimum atomic E-state index is -0.384. The van der Waals surface area contributed by atoms with E-state index in [9.17, 15) is 9.59 Å². The first-order chi connectivity index (χ1) is 14.9. The molecule has 2 amide bonds. The standard InChI is InChI=1S/C23H20ClNO5S/c1-4-9-30-21-18(24)12-16(13-19(21)28-3)14-20-22(26)25(23(27)31-20)8-10-29-17-7-5-6-15(2)11-17/h1,5-7,11-14H,8-10H2,2-3H3/b20-14-. The average molecular weight is 458 g/mol. The number of amides is 2. The van der Waals surface area contributed by atoms with Gasteiger partial charge in [-0.3, -0.25) is 14.5 Å².